The van der Waals surface area contributed by atoms with Crippen LogP contribution in [0.4, 0.5) is 5.69 Å². The number of hydrogen-bond donors (Lipinski definition) is 1. The van der Waals surface area contributed by atoms with Gasteiger partial charge in [0.15, 0.2) is 0 Å². The molecule has 1 aliphatic rings. The van der Waals surface area contributed by atoms with Gasteiger partial charge in [0, 0.05) is 13.5 Å². The largest absolute Gasteiger partial charge is 0.325 e. The van der Waals surface area contributed by atoms with Crippen molar-refractivity contribution in [3.05, 3.63) is 59.2 Å². The number of aryl methyl sites for hydroxylation is 2. The fraction of sp³-hybridized carbons (Fsp3) is 0.409. The van der Waals surface area contributed by atoms with E-state index in [-0.39, 0.29) is 16.8 Å². The molecular formula is C22H28N2O3S. The number of anilines is 1. The number of carbonyl (C=O) groups excluding carboxylic acids is 1. The smallest absolute Gasteiger partial charge is 0.245 e. The van der Waals surface area contributed by atoms with Gasteiger partial charge >= 0.3 is 0 Å². The lowest BCUT2D eigenvalue weighted by atomic mass is 10.0. The first-order valence-corrected chi connectivity index (χ1v) is 11.2. The summed E-state index contributed by atoms with van der Waals surface area (Å²) in [6, 6.07) is 13.0. The molecule has 0 aliphatic carbocycles. The second kappa shape index (κ2) is 8.45. The van der Waals surface area contributed by atoms with Crippen LogP contribution in [0.3, 0.4) is 0 Å². The summed E-state index contributed by atoms with van der Waals surface area (Å²) in [6.45, 7) is 5.75. The van der Waals surface area contributed by atoms with Gasteiger partial charge < -0.3 is 5.32 Å². The van der Waals surface area contributed by atoms with Gasteiger partial charge in [-0.3, -0.25) is 4.79 Å². The Kier molecular flexibility index (Phi) is 6.20. The highest BCUT2D eigenvalue weighted by Crippen LogP contribution is 2.37. The van der Waals surface area contributed by atoms with E-state index >= 15 is 0 Å². The topological polar surface area (TPSA) is 66.5 Å². The molecule has 150 valence electrons. The van der Waals surface area contributed by atoms with Crippen molar-refractivity contribution in [2.75, 3.05) is 11.9 Å². The van der Waals surface area contributed by atoms with Crippen LogP contribution in [0.15, 0.2) is 47.4 Å². The van der Waals surface area contributed by atoms with Crippen LogP contribution in [-0.2, 0) is 14.8 Å². The lowest BCUT2D eigenvalue weighted by molar-refractivity contribution is -0.114. The van der Waals surface area contributed by atoms with Crippen LogP contribution in [0, 0.1) is 13.8 Å². The summed E-state index contributed by atoms with van der Waals surface area (Å²) >= 11 is 0. The van der Waals surface area contributed by atoms with Gasteiger partial charge in [0.2, 0.25) is 15.9 Å². The molecule has 1 N–H and O–H groups in total. The minimum atomic E-state index is -3.78. The molecule has 1 aliphatic heterocycles. The Bertz CT molecular complexity index is 969. The Balaban J connectivity index is 2.10. The average molecular weight is 401 g/mol. The summed E-state index contributed by atoms with van der Waals surface area (Å²) in [5.74, 6) is -0.286. The molecule has 1 atom stereocenters. The second-order valence-corrected chi connectivity index (χ2v) is 9.43. The molecule has 3 rings (SSSR count). The van der Waals surface area contributed by atoms with Gasteiger partial charge in [-0.25, -0.2) is 8.42 Å². The third-order valence-electron chi connectivity index (χ3n) is 5.17. The molecule has 1 saturated heterocycles. The lowest BCUT2D eigenvalue weighted by Crippen LogP contribution is -2.35. The van der Waals surface area contributed by atoms with Gasteiger partial charge in [-0.2, -0.15) is 4.31 Å². The van der Waals surface area contributed by atoms with E-state index in [1.54, 1.807) is 16.4 Å². The first kappa shape index (κ1) is 20.6. The van der Waals surface area contributed by atoms with E-state index in [0.29, 0.717) is 12.2 Å². The number of nitrogens with zero attached hydrogens (tertiary/aromatic N) is 1. The molecule has 0 aromatic heterocycles. The normalized spacial score (nSPS) is 18.5. The van der Waals surface area contributed by atoms with Crippen LogP contribution in [0.25, 0.3) is 0 Å². The van der Waals surface area contributed by atoms with Crippen molar-refractivity contribution in [2.24, 2.45) is 0 Å². The predicted octanol–water partition coefficient (Wildman–Crippen LogP) is 4.57. The van der Waals surface area contributed by atoms with Crippen molar-refractivity contribution in [2.45, 2.75) is 57.4 Å². The van der Waals surface area contributed by atoms with Crippen molar-refractivity contribution < 1.29 is 13.2 Å². The summed E-state index contributed by atoms with van der Waals surface area (Å²) < 4.78 is 29.1. The summed E-state index contributed by atoms with van der Waals surface area (Å²) in [5, 5.41) is 2.68. The fourth-order valence-electron chi connectivity index (χ4n) is 3.84. The van der Waals surface area contributed by atoms with Crippen molar-refractivity contribution in [3.63, 3.8) is 0 Å². The number of amides is 1. The molecule has 1 unspecified atom stereocenters. The maximum atomic E-state index is 13.7. The molecule has 2 aromatic carbocycles. The molecule has 28 heavy (non-hydrogen) atoms. The van der Waals surface area contributed by atoms with Gasteiger partial charge in [-0.05, 0) is 49.9 Å². The molecule has 5 nitrogen and oxygen atoms in total. The van der Waals surface area contributed by atoms with Crippen molar-refractivity contribution in [3.8, 4) is 0 Å². The highest BCUT2D eigenvalue weighted by Gasteiger charge is 2.35. The van der Waals surface area contributed by atoms with Crippen LogP contribution in [0.5, 0.6) is 0 Å². The molecule has 1 fully saturated rings. The molecular weight excluding hydrogens is 372 g/mol. The summed E-state index contributed by atoms with van der Waals surface area (Å²) in [4.78, 5) is 11.8. The van der Waals surface area contributed by atoms with E-state index in [9.17, 15) is 13.2 Å². The third kappa shape index (κ3) is 4.45. The average Bonchev–Trinajstić information content (AvgIpc) is 2.89. The first-order chi connectivity index (χ1) is 13.3. The van der Waals surface area contributed by atoms with E-state index in [2.05, 4.69) is 11.4 Å². The number of sulfonamides is 1. The van der Waals surface area contributed by atoms with Gasteiger partial charge in [0.25, 0.3) is 0 Å². The van der Waals surface area contributed by atoms with Crippen LogP contribution >= 0.6 is 0 Å². The fourth-order valence-corrected chi connectivity index (χ4v) is 5.76. The SMILES string of the molecule is CC(=O)Nc1ccc(C)cc1S(=O)(=O)N1CCCCCC1c1cccc(C)c1. The van der Waals surface area contributed by atoms with Crippen molar-refractivity contribution in [1.82, 2.24) is 4.31 Å². The Morgan fingerprint density at radius 3 is 2.50 bits per heavy atom. The Labute approximate surface area is 167 Å². The minimum absolute atomic E-state index is 0.169. The van der Waals surface area contributed by atoms with Crippen molar-refractivity contribution in [1.29, 1.82) is 0 Å². The van der Waals surface area contributed by atoms with Gasteiger partial charge in [0.05, 0.1) is 11.7 Å². The molecule has 6 heteroatoms. The predicted molar refractivity (Wildman–Crippen MR) is 112 cm³/mol. The first-order valence-electron chi connectivity index (χ1n) is 9.75. The molecule has 0 spiro atoms. The molecule has 1 amide bonds. The van der Waals surface area contributed by atoms with Crippen LogP contribution in [0.1, 0.15) is 55.3 Å². The third-order valence-corrected chi connectivity index (χ3v) is 7.11. The summed E-state index contributed by atoms with van der Waals surface area (Å²) in [5.41, 5.74) is 3.33. The van der Waals surface area contributed by atoms with E-state index in [4.69, 9.17) is 0 Å². The molecule has 2 aromatic rings. The maximum Gasteiger partial charge on any atom is 0.245 e. The van der Waals surface area contributed by atoms with Crippen LogP contribution in [0.2, 0.25) is 0 Å². The number of rotatable bonds is 4. The van der Waals surface area contributed by atoms with E-state index in [1.807, 2.05) is 38.1 Å². The second-order valence-electron chi connectivity index (χ2n) is 7.58. The molecule has 0 radical (unpaired) electrons. The summed E-state index contributed by atoms with van der Waals surface area (Å²) in [6.07, 6.45) is 3.64. The number of nitrogens with one attached hydrogen (secondary N) is 1. The van der Waals surface area contributed by atoms with Gasteiger partial charge in [-0.1, -0.05) is 48.7 Å². The van der Waals surface area contributed by atoms with Crippen molar-refractivity contribution >= 4 is 21.6 Å². The Morgan fingerprint density at radius 2 is 1.79 bits per heavy atom. The van der Waals surface area contributed by atoms with E-state index < -0.39 is 10.0 Å². The zero-order valence-electron chi connectivity index (χ0n) is 16.7. The van der Waals surface area contributed by atoms with Gasteiger partial charge in [-0.15, -0.1) is 0 Å². The lowest BCUT2D eigenvalue weighted by Gasteiger charge is -2.30. The minimum Gasteiger partial charge on any atom is -0.325 e. The quantitative estimate of drug-likeness (QED) is 0.818. The highest BCUT2D eigenvalue weighted by atomic mass is 32.2. The number of hydrogen-bond acceptors (Lipinski definition) is 3. The zero-order chi connectivity index (χ0) is 20.3. The molecule has 1 heterocycles. The van der Waals surface area contributed by atoms with E-state index in [0.717, 1.165) is 42.4 Å². The Morgan fingerprint density at radius 1 is 1.04 bits per heavy atom. The molecule has 0 bridgehead atoms. The number of benzene rings is 2. The Hall–Kier alpha value is -2.18. The maximum absolute atomic E-state index is 13.7. The van der Waals surface area contributed by atoms with Gasteiger partial charge in [0.1, 0.15) is 4.90 Å². The monoisotopic (exact) mass is 400 g/mol. The number of carbonyl (C=O) groups is 1. The van der Waals surface area contributed by atoms with Crippen LogP contribution < -0.4 is 5.32 Å². The van der Waals surface area contributed by atoms with Crippen LogP contribution in [-0.4, -0.2) is 25.2 Å². The summed E-state index contributed by atoms with van der Waals surface area (Å²) in [7, 11) is -3.78. The highest BCUT2D eigenvalue weighted by molar-refractivity contribution is 7.89. The van der Waals surface area contributed by atoms with E-state index in [1.165, 1.54) is 6.92 Å². The zero-order valence-corrected chi connectivity index (χ0v) is 17.6. The molecule has 0 saturated carbocycles. The standard InChI is InChI=1S/C22H28N2O3S/c1-16-8-7-9-19(14-16)21-10-5-4-6-13-24(21)28(26,27)22-15-17(2)11-12-20(22)23-18(3)25/h7-9,11-12,14-15,21H,4-6,10,13H2,1-3H3,(H,23,25).